The highest BCUT2D eigenvalue weighted by Crippen LogP contribution is 2.31. The molecule has 68 heavy (non-hydrogen) atoms. The van der Waals surface area contributed by atoms with Gasteiger partial charge in [-0.2, -0.15) is 0 Å². The minimum Gasteiger partial charge on any atom is -0.490 e. The molecular weight excluding hydrogens is 861 g/mol. The fraction of sp³-hybridized carbons (Fsp3) is 0.179. The van der Waals surface area contributed by atoms with Crippen LogP contribution in [0.5, 0.6) is 11.5 Å². The summed E-state index contributed by atoms with van der Waals surface area (Å²) in [5.74, 6) is 0.0396. The Morgan fingerprint density at radius 1 is 0.412 bits per heavy atom. The average molecular weight is 907 g/mol. The van der Waals surface area contributed by atoms with Crippen molar-refractivity contribution in [1.82, 2.24) is 9.13 Å². The van der Waals surface area contributed by atoms with E-state index in [4.69, 9.17) is 18.9 Å². The van der Waals surface area contributed by atoms with Crippen LogP contribution in [-0.4, -0.2) is 47.5 Å². The minimum atomic E-state index is -0.496. The van der Waals surface area contributed by atoms with E-state index in [1.807, 2.05) is 76.2 Å². The van der Waals surface area contributed by atoms with Gasteiger partial charge in [-0.15, -0.1) is 0 Å². The molecule has 2 heterocycles. The highest BCUT2D eigenvalue weighted by molar-refractivity contribution is 6.07. The number of esters is 2. The predicted molar refractivity (Wildman–Crippen MR) is 268 cm³/mol. The van der Waals surface area contributed by atoms with Gasteiger partial charge in [-0.25, -0.2) is 18.7 Å². The number of ether oxygens (including phenoxy) is 4. The summed E-state index contributed by atoms with van der Waals surface area (Å²) in [4.78, 5) is 79.6. The van der Waals surface area contributed by atoms with E-state index in [1.165, 1.54) is 9.13 Å². The molecule has 0 spiro atoms. The van der Waals surface area contributed by atoms with Crippen LogP contribution in [0.4, 0.5) is 0 Å². The van der Waals surface area contributed by atoms with Crippen molar-refractivity contribution in [3.05, 3.63) is 185 Å². The smallest absolute Gasteiger partial charge is 0.333 e. The summed E-state index contributed by atoms with van der Waals surface area (Å²) in [6.07, 6.45) is 0. The third-order valence-corrected chi connectivity index (χ3v) is 12.2. The van der Waals surface area contributed by atoms with Gasteiger partial charge in [-0.05, 0) is 180 Å². The Kier molecular flexibility index (Phi) is 11.5. The number of hydrogen-bond donors (Lipinski definition) is 0. The second kappa shape index (κ2) is 17.4. The standard InChI is InChI=1S/C56H46N2O10/c1-29(2)55(63)67-15-13-65-43-17-31(5)49(32(6)18-43)57-51(59)45-25-39-21-35-9-11-37-23-41-27-47-48(28-42(41)24-38(37)12-10-36(35)22-40(39)26-46(45)52(57)60)54(62)58(53(47)61)50-33(7)19-44(20-34(50)8)66-14-16-68-56(64)30(3)4/h9-12,17-28H,1,3,13-16H2,2,4-8H3. The summed E-state index contributed by atoms with van der Waals surface area (Å²) in [5.41, 5.74) is 2.60. The van der Waals surface area contributed by atoms with E-state index >= 15 is 0 Å². The molecule has 9 rings (SSSR count). The van der Waals surface area contributed by atoms with Crippen molar-refractivity contribution >= 4 is 76.6 Å². The third kappa shape index (κ3) is 8.04. The van der Waals surface area contributed by atoms with Gasteiger partial charge in [0, 0.05) is 11.1 Å². The van der Waals surface area contributed by atoms with E-state index in [0.717, 1.165) is 43.1 Å². The molecule has 0 amide bonds. The van der Waals surface area contributed by atoms with Crippen LogP contribution < -0.4 is 31.7 Å². The number of hydrogen-bond acceptors (Lipinski definition) is 10. The maximum atomic E-state index is 14.0. The lowest BCUT2D eigenvalue weighted by Gasteiger charge is -2.13. The van der Waals surface area contributed by atoms with Crippen molar-refractivity contribution in [3.63, 3.8) is 0 Å². The van der Waals surface area contributed by atoms with Crippen LogP contribution in [-0.2, 0) is 19.1 Å². The highest BCUT2D eigenvalue weighted by Gasteiger charge is 2.21. The lowest BCUT2D eigenvalue weighted by molar-refractivity contribution is -0.140. The number of aromatic nitrogens is 2. The summed E-state index contributed by atoms with van der Waals surface area (Å²) >= 11 is 0. The third-order valence-electron chi connectivity index (χ3n) is 12.2. The number of rotatable bonds is 12. The first kappa shape index (κ1) is 44.8. The molecule has 0 fully saturated rings. The van der Waals surface area contributed by atoms with Crippen molar-refractivity contribution < 1.29 is 28.5 Å². The van der Waals surface area contributed by atoms with Crippen LogP contribution in [0.2, 0.25) is 0 Å². The van der Waals surface area contributed by atoms with Gasteiger partial charge in [0.2, 0.25) is 0 Å². The van der Waals surface area contributed by atoms with Gasteiger partial charge < -0.3 is 18.9 Å². The van der Waals surface area contributed by atoms with Gasteiger partial charge >= 0.3 is 11.9 Å². The maximum absolute atomic E-state index is 14.0. The zero-order chi connectivity index (χ0) is 48.3. The number of aryl methyl sites for hydroxylation is 4. The molecule has 2 aromatic heterocycles. The van der Waals surface area contributed by atoms with Gasteiger partial charge in [-0.1, -0.05) is 37.4 Å². The Bertz CT molecular complexity index is 3470. The van der Waals surface area contributed by atoms with Crippen LogP contribution in [0.15, 0.2) is 141 Å². The summed E-state index contributed by atoms with van der Waals surface area (Å²) < 4.78 is 24.3. The molecule has 0 saturated heterocycles. The SMILES string of the molecule is C=C(C)C(=O)OCCOc1cc(C)c(-n2c(=O)c3cc4cc5ccc6cc7cc8c(=O)n(-c9c(C)cc(OCCOC(=O)C(=C)C)cc9C)c(=O)c8cc7cc6ccc5cc4cc3c2=O)c(C)c1. The molecule has 12 nitrogen and oxygen atoms in total. The molecule has 0 aliphatic heterocycles. The van der Waals surface area contributed by atoms with Gasteiger partial charge in [0.1, 0.15) is 37.9 Å². The van der Waals surface area contributed by atoms with E-state index in [-0.39, 0.29) is 26.4 Å². The summed E-state index contributed by atoms with van der Waals surface area (Å²) in [6.45, 7) is 17.9. The second-order valence-corrected chi connectivity index (χ2v) is 17.4. The average Bonchev–Trinajstić information content (AvgIpc) is 3.66. The number of fused-ring (bicyclic) bond motifs is 6. The van der Waals surface area contributed by atoms with Crippen LogP contribution >= 0.6 is 0 Å². The Morgan fingerprint density at radius 2 is 0.676 bits per heavy atom. The van der Waals surface area contributed by atoms with Crippen molar-refractivity contribution in [2.45, 2.75) is 41.5 Å². The zero-order valence-corrected chi connectivity index (χ0v) is 38.5. The van der Waals surface area contributed by atoms with E-state index in [9.17, 15) is 28.8 Å². The van der Waals surface area contributed by atoms with Crippen LogP contribution in [0.1, 0.15) is 36.1 Å². The molecule has 0 N–H and O–H groups in total. The van der Waals surface area contributed by atoms with Crippen molar-refractivity contribution in [2.24, 2.45) is 0 Å². The molecule has 0 atom stereocenters. The van der Waals surface area contributed by atoms with Crippen LogP contribution in [0.3, 0.4) is 0 Å². The first-order chi connectivity index (χ1) is 32.5. The Hall–Kier alpha value is -8.38. The largest absolute Gasteiger partial charge is 0.490 e. The van der Waals surface area contributed by atoms with Crippen molar-refractivity contribution in [3.8, 4) is 22.9 Å². The molecule has 0 aliphatic carbocycles. The monoisotopic (exact) mass is 906 g/mol. The van der Waals surface area contributed by atoms with E-state index in [2.05, 4.69) is 13.2 Å². The lowest BCUT2D eigenvalue weighted by Crippen LogP contribution is -2.25. The maximum Gasteiger partial charge on any atom is 0.333 e. The van der Waals surface area contributed by atoms with E-state index < -0.39 is 34.2 Å². The topological polar surface area (TPSA) is 149 Å². The fourth-order valence-electron chi connectivity index (χ4n) is 9.03. The number of carbonyl (C=O) groups excluding carboxylic acids is 2. The quantitative estimate of drug-likeness (QED) is 0.0660. The van der Waals surface area contributed by atoms with E-state index in [1.54, 1.807) is 62.4 Å². The number of benzene rings is 6. The molecule has 340 valence electrons. The molecule has 0 aliphatic rings. The van der Waals surface area contributed by atoms with Crippen molar-refractivity contribution in [1.29, 1.82) is 0 Å². The molecule has 0 radical (unpaired) electrons. The molecular formula is C56H46N2O10. The Balaban J connectivity index is 1.04. The summed E-state index contributed by atoms with van der Waals surface area (Å²) in [6, 6.07) is 30.2. The molecule has 7 aromatic carbocycles. The molecule has 12 heteroatoms. The zero-order valence-electron chi connectivity index (χ0n) is 38.5. The van der Waals surface area contributed by atoms with Crippen molar-refractivity contribution in [2.75, 3.05) is 26.4 Å². The number of nitrogens with zero attached hydrogens (tertiary/aromatic N) is 2. The van der Waals surface area contributed by atoms with E-state index in [0.29, 0.717) is 77.8 Å². The normalized spacial score (nSPS) is 11.5. The predicted octanol–water partition coefficient (Wildman–Crippen LogP) is 9.30. The Morgan fingerprint density at radius 3 is 0.926 bits per heavy atom. The summed E-state index contributed by atoms with van der Waals surface area (Å²) in [7, 11) is 0. The first-order valence-corrected chi connectivity index (χ1v) is 22.0. The summed E-state index contributed by atoms with van der Waals surface area (Å²) in [5, 5.41) is 8.07. The lowest BCUT2D eigenvalue weighted by atomic mass is 9.99. The van der Waals surface area contributed by atoms with Crippen LogP contribution in [0, 0.1) is 27.7 Å². The van der Waals surface area contributed by atoms with Gasteiger partial charge in [0.05, 0.1) is 32.9 Å². The van der Waals surface area contributed by atoms with Crippen LogP contribution in [0.25, 0.3) is 76.0 Å². The van der Waals surface area contributed by atoms with Gasteiger partial charge in [0.25, 0.3) is 22.2 Å². The minimum absolute atomic E-state index is 0.0432. The molecule has 0 bridgehead atoms. The highest BCUT2D eigenvalue weighted by atomic mass is 16.6. The first-order valence-electron chi connectivity index (χ1n) is 22.0. The van der Waals surface area contributed by atoms with Gasteiger partial charge in [-0.3, -0.25) is 19.2 Å². The fourth-order valence-corrected chi connectivity index (χ4v) is 9.03. The molecule has 0 unspecified atom stereocenters. The molecule has 9 aromatic rings. The Labute approximate surface area is 388 Å². The number of carbonyl (C=O) groups is 2. The second-order valence-electron chi connectivity index (χ2n) is 17.4. The van der Waals surface area contributed by atoms with Gasteiger partial charge in [0.15, 0.2) is 0 Å². The molecule has 0 saturated carbocycles.